The summed E-state index contributed by atoms with van der Waals surface area (Å²) >= 11 is 1.05. The minimum atomic E-state index is -1.22. The predicted molar refractivity (Wildman–Crippen MR) is 135 cm³/mol. The van der Waals surface area contributed by atoms with Crippen LogP contribution in [0.4, 0.5) is 4.79 Å². The van der Waals surface area contributed by atoms with Gasteiger partial charge in [0.1, 0.15) is 13.2 Å². The largest absolute Gasteiger partial charge is 0.509 e. The molecule has 10 heteroatoms. The van der Waals surface area contributed by atoms with Gasteiger partial charge >= 0.3 is 24.1 Å². The van der Waals surface area contributed by atoms with Crippen LogP contribution in [0.5, 0.6) is 0 Å². The lowest BCUT2D eigenvalue weighted by Gasteiger charge is -2.25. The zero-order valence-corrected chi connectivity index (χ0v) is 21.5. The van der Waals surface area contributed by atoms with E-state index in [1.165, 1.54) is 13.0 Å². The fourth-order valence-corrected chi connectivity index (χ4v) is 4.85. The third-order valence-electron chi connectivity index (χ3n) is 5.30. The highest BCUT2D eigenvalue weighted by Gasteiger charge is 2.52. The number of rotatable bonds is 9. The lowest BCUT2D eigenvalue weighted by molar-refractivity contribution is -0.149. The average Bonchev–Trinajstić information content (AvgIpc) is 3.16. The molecule has 2 aromatic carbocycles. The average molecular weight is 529 g/mol. The fourth-order valence-electron chi connectivity index (χ4n) is 3.44. The van der Waals surface area contributed by atoms with Crippen molar-refractivity contribution in [3.63, 3.8) is 0 Å². The van der Waals surface area contributed by atoms with E-state index in [4.69, 9.17) is 23.7 Å². The Morgan fingerprint density at radius 2 is 1.38 bits per heavy atom. The summed E-state index contributed by atoms with van der Waals surface area (Å²) in [5.74, 6) is -1.90. The number of thioether (sulfide) groups is 1. The molecule has 0 saturated carbocycles. The Labute approximate surface area is 219 Å². The molecule has 3 rings (SSSR count). The van der Waals surface area contributed by atoms with Crippen LogP contribution in [0.2, 0.25) is 0 Å². The SMILES string of the molecule is C=CCOC(=O)O[C@H]1C(OC(C)=O)S[C@@H](COC(=O)c2ccc(C)cc2)[C@@H]1OC(=O)c1ccc(C)cc1. The first kappa shape index (κ1) is 27.8. The molecule has 1 aliphatic heterocycles. The Balaban J connectivity index is 1.83. The predicted octanol–water partition coefficient (Wildman–Crippen LogP) is 4.40. The molecule has 1 saturated heterocycles. The van der Waals surface area contributed by atoms with Crippen molar-refractivity contribution in [1.82, 2.24) is 0 Å². The van der Waals surface area contributed by atoms with Crippen molar-refractivity contribution in [2.24, 2.45) is 0 Å². The van der Waals surface area contributed by atoms with Gasteiger partial charge in [0.05, 0.1) is 16.4 Å². The van der Waals surface area contributed by atoms with Gasteiger partial charge in [0.15, 0.2) is 17.6 Å². The Hall–Kier alpha value is -3.79. The number of hydrogen-bond acceptors (Lipinski definition) is 10. The summed E-state index contributed by atoms with van der Waals surface area (Å²) in [7, 11) is 0. The molecular formula is C27H28O9S. The zero-order valence-electron chi connectivity index (χ0n) is 20.7. The van der Waals surface area contributed by atoms with Crippen molar-refractivity contribution in [3.8, 4) is 0 Å². The van der Waals surface area contributed by atoms with Gasteiger partial charge in [0.25, 0.3) is 0 Å². The third kappa shape index (κ3) is 7.85. The van der Waals surface area contributed by atoms with E-state index >= 15 is 0 Å². The second kappa shape index (κ2) is 13.0. The summed E-state index contributed by atoms with van der Waals surface area (Å²) in [4.78, 5) is 49.5. The van der Waals surface area contributed by atoms with E-state index in [2.05, 4.69) is 6.58 Å². The maximum Gasteiger partial charge on any atom is 0.509 e. The molecule has 0 aliphatic carbocycles. The third-order valence-corrected chi connectivity index (χ3v) is 6.68. The summed E-state index contributed by atoms with van der Waals surface area (Å²) < 4.78 is 26.9. The number of benzene rings is 2. The fraction of sp³-hybridized carbons (Fsp3) is 0.333. The molecule has 0 amide bonds. The van der Waals surface area contributed by atoms with Gasteiger partial charge in [-0.3, -0.25) is 4.79 Å². The van der Waals surface area contributed by atoms with Gasteiger partial charge in [-0.25, -0.2) is 14.4 Å². The van der Waals surface area contributed by atoms with Gasteiger partial charge in [0.2, 0.25) is 0 Å². The van der Waals surface area contributed by atoms with Crippen LogP contribution in [0.25, 0.3) is 0 Å². The molecule has 1 fully saturated rings. The van der Waals surface area contributed by atoms with Crippen LogP contribution in [0.15, 0.2) is 61.2 Å². The Bertz CT molecular complexity index is 1130. The van der Waals surface area contributed by atoms with Crippen LogP contribution in [-0.4, -0.2) is 60.2 Å². The van der Waals surface area contributed by atoms with Crippen LogP contribution in [-0.2, 0) is 28.5 Å². The van der Waals surface area contributed by atoms with Gasteiger partial charge in [-0.05, 0) is 38.1 Å². The normalized spacial score (nSPS) is 20.4. The molecule has 196 valence electrons. The van der Waals surface area contributed by atoms with E-state index < -0.39 is 47.0 Å². The monoisotopic (exact) mass is 528 g/mol. The number of ether oxygens (including phenoxy) is 5. The van der Waals surface area contributed by atoms with Gasteiger partial charge in [-0.1, -0.05) is 48.0 Å². The lowest BCUT2D eigenvalue weighted by atomic mass is 10.1. The van der Waals surface area contributed by atoms with Crippen molar-refractivity contribution in [2.45, 2.75) is 43.7 Å². The van der Waals surface area contributed by atoms with Crippen LogP contribution in [0, 0.1) is 13.8 Å². The molecule has 0 N–H and O–H groups in total. The number of aryl methyl sites for hydroxylation is 2. The van der Waals surface area contributed by atoms with Crippen LogP contribution in [0.1, 0.15) is 38.8 Å². The number of carbonyl (C=O) groups is 4. The maximum atomic E-state index is 12.9. The van der Waals surface area contributed by atoms with Gasteiger partial charge in [0, 0.05) is 6.92 Å². The zero-order chi connectivity index (χ0) is 26.9. The van der Waals surface area contributed by atoms with Gasteiger partial charge < -0.3 is 23.7 Å². The molecule has 1 unspecified atom stereocenters. The van der Waals surface area contributed by atoms with E-state index in [1.54, 1.807) is 48.5 Å². The molecule has 0 bridgehead atoms. The van der Waals surface area contributed by atoms with E-state index in [9.17, 15) is 19.2 Å². The summed E-state index contributed by atoms with van der Waals surface area (Å²) in [6.45, 7) is 8.13. The molecule has 0 aromatic heterocycles. The van der Waals surface area contributed by atoms with Crippen LogP contribution < -0.4 is 0 Å². The number of hydrogen-bond donors (Lipinski definition) is 0. The van der Waals surface area contributed by atoms with Gasteiger partial charge in [-0.15, -0.1) is 11.8 Å². The number of esters is 3. The molecule has 0 radical (unpaired) electrons. The topological polar surface area (TPSA) is 114 Å². The van der Waals surface area contributed by atoms with Crippen molar-refractivity contribution < 1.29 is 42.9 Å². The smallest absolute Gasteiger partial charge is 0.461 e. The quantitative estimate of drug-likeness (QED) is 0.264. The summed E-state index contributed by atoms with van der Waals surface area (Å²) in [6.07, 6.45) is -2.04. The van der Waals surface area contributed by atoms with E-state index in [0.717, 1.165) is 22.9 Å². The molecule has 4 atom stereocenters. The van der Waals surface area contributed by atoms with E-state index in [1.807, 2.05) is 13.8 Å². The summed E-state index contributed by atoms with van der Waals surface area (Å²) in [6, 6.07) is 13.5. The Kier molecular flexibility index (Phi) is 9.73. The molecular weight excluding hydrogens is 500 g/mol. The standard InChI is InChI=1S/C27H28O9S/c1-5-14-32-27(31)36-23-22(35-25(30)20-12-8-17(3)9-13-20)21(37-26(23)34-18(4)28)15-33-24(29)19-10-6-16(2)7-11-19/h5-13,21-23,26H,1,14-15H2,2-4H3/t21-,22-,23+,26?/m0/s1. The first-order valence-corrected chi connectivity index (χ1v) is 12.4. The molecule has 1 heterocycles. The van der Waals surface area contributed by atoms with Crippen molar-refractivity contribution in [3.05, 3.63) is 83.4 Å². The summed E-state index contributed by atoms with van der Waals surface area (Å²) in [5, 5.41) is -0.717. The van der Waals surface area contributed by atoms with E-state index in [0.29, 0.717) is 5.56 Å². The van der Waals surface area contributed by atoms with Gasteiger partial charge in [-0.2, -0.15) is 0 Å². The summed E-state index contributed by atoms with van der Waals surface area (Å²) in [5.41, 5.74) is 1.52. The molecule has 37 heavy (non-hydrogen) atoms. The maximum absolute atomic E-state index is 12.9. The van der Waals surface area contributed by atoms with Crippen molar-refractivity contribution in [1.29, 1.82) is 0 Å². The van der Waals surface area contributed by atoms with Crippen molar-refractivity contribution in [2.75, 3.05) is 13.2 Å². The second-order valence-corrected chi connectivity index (χ2v) is 9.63. The highest BCUT2D eigenvalue weighted by Crippen LogP contribution is 2.40. The first-order valence-electron chi connectivity index (χ1n) is 11.5. The Morgan fingerprint density at radius 1 is 0.811 bits per heavy atom. The molecule has 9 nitrogen and oxygen atoms in total. The minimum Gasteiger partial charge on any atom is -0.461 e. The Morgan fingerprint density at radius 3 is 1.92 bits per heavy atom. The lowest BCUT2D eigenvalue weighted by Crippen LogP contribution is -2.42. The number of carbonyl (C=O) groups excluding carboxylic acids is 4. The van der Waals surface area contributed by atoms with Crippen LogP contribution in [0.3, 0.4) is 0 Å². The highest BCUT2D eigenvalue weighted by atomic mass is 32.2. The van der Waals surface area contributed by atoms with Crippen LogP contribution >= 0.6 is 11.8 Å². The first-order chi connectivity index (χ1) is 17.7. The molecule has 1 aliphatic rings. The van der Waals surface area contributed by atoms with Crippen molar-refractivity contribution >= 4 is 35.8 Å². The molecule has 2 aromatic rings. The van der Waals surface area contributed by atoms with E-state index in [-0.39, 0.29) is 18.8 Å². The highest BCUT2D eigenvalue weighted by molar-refractivity contribution is 8.00. The molecule has 0 spiro atoms. The minimum absolute atomic E-state index is 0.109. The second-order valence-electron chi connectivity index (χ2n) is 8.28.